The summed E-state index contributed by atoms with van der Waals surface area (Å²) in [6, 6.07) is 5.19. The Morgan fingerprint density at radius 1 is 1.33 bits per heavy atom. The topological polar surface area (TPSA) is 33.6 Å². The SMILES string of the molecule is Clc1ccc(OCC2=NCCN2)cc1Cl. The van der Waals surface area contributed by atoms with Crippen LogP contribution >= 0.6 is 23.2 Å². The van der Waals surface area contributed by atoms with E-state index in [2.05, 4.69) is 10.3 Å². The second kappa shape index (κ2) is 4.73. The normalized spacial score (nSPS) is 14.7. The Balaban J connectivity index is 1.96. The number of amidine groups is 1. The van der Waals surface area contributed by atoms with E-state index in [9.17, 15) is 0 Å². The Bertz CT molecular complexity index is 393. The van der Waals surface area contributed by atoms with Crippen molar-refractivity contribution in [3.63, 3.8) is 0 Å². The zero-order valence-electron chi connectivity index (χ0n) is 7.96. The van der Waals surface area contributed by atoms with Gasteiger partial charge in [0, 0.05) is 12.6 Å². The molecule has 1 N–H and O–H groups in total. The van der Waals surface area contributed by atoms with Gasteiger partial charge in [-0.3, -0.25) is 4.99 Å². The van der Waals surface area contributed by atoms with E-state index in [-0.39, 0.29) is 0 Å². The van der Waals surface area contributed by atoms with E-state index in [4.69, 9.17) is 27.9 Å². The van der Waals surface area contributed by atoms with Gasteiger partial charge in [-0.1, -0.05) is 23.2 Å². The number of ether oxygens (including phenoxy) is 1. The molecule has 1 aliphatic rings. The minimum absolute atomic E-state index is 0.442. The monoisotopic (exact) mass is 244 g/mol. The molecule has 0 amide bonds. The fourth-order valence-electron chi connectivity index (χ4n) is 1.26. The minimum atomic E-state index is 0.442. The first-order valence-corrected chi connectivity index (χ1v) is 5.36. The fraction of sp³-hybridized carbons (Fsp3) is 0.300. The number of nitrogens with zero attached hydrogens (tertiary/aromatic N) is 1. The number of hydrogen-bond donors (Lipinski definition) is 1. The van der Waals surface area contributed by atoms with E-state index in [1.54, 1.807) is 18.2 Å². The highest BCUT2D eigenvalue weighted by atomic mass is 35.5. The molecule has 0 spiro atoms. The number of nitrogens with one attached hydrogen (secondary N) is 1. The first kappa shape index (κ1) is 10.6. The van der Waals surface area contributed by atoms with Crippen LogP contribution in [0.4, 0.5) is 0 Å². The van der Waals surface area contributed by atoms with Crippen molar-refractivity contribution >= 4 is 29.0 Å². The molecule has 0 unspecified atom stereocenters. The first-order chi connectivity index (χ1) is 7.25. The summed E-state index contributed by atoms with van der Waals surface area (Å²) in [6.07, 6.45) is 0. The van der Waals surface area contributed by atoms with Gasteiger partial charge in [0.15, 0.2) is 0 Å². The molecule has 0 saturated heterocycles. The second-order valence-electron chi connectivity index (χ2n) is 3.12. The van der Waals surface area contributed by atoms with Crippen LogP contribution < -0.4 is 10.1 Å². The molecule has 3 nitrogen and oxygen atoms in total. The Morgan fingerprint density at radius 3 is 2.87 bits per heavy atom. The Kier molecular flexibility index (Phi) is 3.34. The minimum Gasteiger partial charge on any atom is -0.486 e. The standard InChI is InChI=1S/C10H10Cl2N2O/c11-8-2-1-7(5-9(8)12)15-6-10-13-3-4-14-10/h1-2,5H,3-4,6H2,(H,13,14). The van der Waals surface area contributed by atoms with Gasteiger partial charge in [-0.05, 0) is 12.1 Å². The number of hydrogen-bond acceptors (Lipinski definition) is 3. The summed E-state index contributed by atoms with van der Waals surface area (Å²) >= 11 is 11.6. The van der Waals surface area contributed by atoms with Crippen LogP contribution in [0, 0.1) is 0 Å². The average Bonchev–Trinajstić information content (AvgIpc) is 2.73. The van der Waals surface area contributed by atoms with Gasteiger partial charge in [0.05, 0.1) is 16.6 Å². The van der Waals surface area contributed by atoms with Crippen molar-refractivity contribution in [3.05, 3.63) is 28.2 Å². The highest BCUT2D eigenvalue weighted by Crippen LogP contribution is 2.26. The van der Waals surface area contributed by atoms with E-state index in [1.807, 2.05) is 0 Å². The van der Waals surface area contributed by atoms with E-state index in [1.165, 1.54) is 0 Å². The van der Waals surface area contributed by atoms with Gasteiger partial charge in [-0.25, -0.2) is 0 Å². The first-order valence-electron chi connectivity index (χ1n) is 4.61. The zero-order valence-corrected chi connectivity index (χ0v) is 9.48. The van der Waals surface area contributed by atoms with Crippen molar-refractivity contribution in [3.8, 4) is 5.75 Å². The maximum atomic E-state index is 5.85. The number of rotatable bonds is 3. The van der Waals surface area contributed by atoms with E-state index in [0.29, 0.717) is 22.4 Å². The molecule has 1 aromatic carbocycles. The van der Waals surface area contributed by atoms with E-state index in [0.717, 1.165) is 18.9 Å². The third-order valence-corrected chi connectivity index (χ3v) is 2.75. The summed E-state index contributed by atoms with van der Waals surface area (Å²) in [5.41, 5.74) is 0. The molecule has 0 bridgehead atoms. The molecular weight excluding hydrogens is 235 g/mol. The van der Waals surface area contributed by atoms with Crippen molar-refractivity contribution in [1.82, 2.24) is 5.32 Å². The predicted octanol–water partition coefficient (Wildman–Crippen LogP) is 2.37. The lowest BCUT2D eigenvalue weighted by Crippen LogP contribution is -2.24. The highest BCUT2D eigenvalue weighted by Gasteiger charge is 2.06. The van der Waals surface area contributed by atoms with Crippen LogP contribution in [0.1, 0.15) is 0 Å². The number of halogens is 2. The van der Waals surface area contributed by atoms with Crippen molar-refractivity contribution in [2.45, 2.75) is 0 Å². The third-order valence-electron chi connectivity index (χ3n) is 2.01. The Labute approximate surface area is 98.1 Å². The van der Waals surface area contributed by atoms with Gasteiger partial charge in [-0.2, -0.15) is 0 Å². The average molecular weight is 245 g/mol. The molecule has 1 heterocycles. The summed E-state index contributed by atoms with van der Waals surface area (Å²) in [7, 11) is 0. The summed E-state index contributed by atoms with van der Waals surface area (Å²) in [6.45, 7) is 2.15. The molecule has 0 atom stereocenters. The molecule has 5 heteroatoms. The largest absolute Gasteiger partial charge is 0.486 e. The number of benzene rings is 1. The maximum Gasteiger partial charge on any atom is 0.145 e. The lowest BCUT2D eigenvalue weighted by molar-refractivity contribution is 0.373. The number of aliphatic imine (C=N–C) groups is 1. The molecule has 15 heavy (non-hydrogen) atoms. The zero-order chi connectivity index (χ0) is 10.7. The van der Waals surface area contributed by atoms with Crippen LogP contribution in [0.2, 0.25) is 10.0 Å². The lowest BCUT2D eigenvalue weighted by atomic mass is 10.3. The molecule has 0 aliphatic carbocycles. The van der Waals surface area contributed by atoms with Crippen molar-refractivity contribution in [1.29, 1.82) is 0 Å². The predicted molar refractivity (Wildman–Crippen MR) is 62.3 cm³/mol. The summed E-state index contributed by atoms with van der Waals surface area (Å²) in [4.78, 5) is 4.21. The molecular formula is C10H10Cl2N2O. The maximum absolute atomic E-state index is 5.85. The molecule has 0 fully saturated rings. The third kappa shape index (κ3) is 2.76. The van der Waals surface area contributed by atoms with Crippen LogP contribution in [-0.4, -0.2) is 25.5 Å². The van der Waals surface area contributed by atoms with Crippen molar-refractivity contribution < 1.29 is 4.74 Å². The molecule has 0 radical (unpaired) electrons. The van der Waals surface area contributed by atoms with Crippen molar-refractivity contribution in [2.75, 3.05) is 19.7 Å². The summed E-state index contributed by atoms with van der Waals surface area (Å²) < 4.78 is 5.49. The summed E-state index contributed by atoms with van der Waals surface area (Å²) in [5.74, 6) is 1.57. The van der Waals surface area contributed by atoms with E-state index < -0.39 is 0 Å². The van der Waals surface area contributed by atoms with Crippen LogP contribution in [0.25, 0.3) is 0 Å². The molecule has 80 valence electrons. The van der Waals surface area contributed by atoms with Gasteiger partial charge in [0.2, 0.25) is 0 Å². The molecule has 0 aromatic heterocycles. The van der Waals surface area contributed by atoms with Gasteiger partial charge >= 0.3 is 0 Å². The van der Waals surface area contributed by atoms with Gasteiger partial charge in [0.25, 0.3) is 0 Å². The Hall–Kier alpha value is -0.930. The van der Waals surface area contributed by atoms with E-state index >= 15 is 0 Å². The smallest absolute Gasteiger partial charge is 0.145 e. The lowest BCUT2D eigenvalue weighted by Gasteiger charge is -2.07. The molecule has 0 saturated carbocycles. The molecule has 1 aliphatic heterocycles. The quantitative estimate of drug-likeness (QED) is 0.886. The van der Waals surface area contributed by atoms with Crippen LogP contribution in [-0.2, 0) is 0 Å². The molecule has 2 rings (SSSR count). The van der Waals surface area contributed by atoms with Crippen LogP contribution in [0.15, 0.2) is 23.2 Å². The fourth-order valence-corrected chi connectivity index (χ4v) is 1.55. The Morgan fingerprint density at radius 2 is 2.20 bits per heavy atom. The second-order valence-corrected chi connectivity index (χ2v) is 3.93. The van der Waals surface area contributed by atoms with Crippen LogP contribution in [0.5, 0.6) is 5.75 Å². The van der Waals surface area contributed by atoms with Gasteiger partial charge in [0.1, 0.15) is 18.2 Å². The van der Waals surface area contributed by atoms with Crippen molar-refractivity contribution in [2.24, 2.45) is 4.99 Å². The van der Waals surface area contributed by atoms with Crippen LogP contribution in [0.3, 0.4) is 0 Å². The summed E-state index contributed by atoms with van der Waals surface area (Å²) in [5, 5.41) is 4.14. The highest BCUT2D eigenvalue weighted by molar-refractivity contribution is 6.42. The van der Waals surface area contributed by atoms with Gasteiger partial charge < -0.3 is 10.1 Å². The molecule has 1 aromatic rings. The van der Waals surface area contributed by atoms with Gasteiger partial charge in [-0.15, -0.1) is 0 Å².